The van der Waals surface area contributed by atoms with Gasteiger partial charge in [0.2, 0.25) is 0 Å². The molecule has 0 unspecified atom stereocenters. The van der Waals surface area contributed by atoms with Crippen molar-refractivity contribution in [2.45, 2.75) is 19.8 Å². The molecule has 1 aromatic carbocycles. The fourth-order valence-corrected chi connectivity index (χ4v) is 2.25. The lowest BCUT2D eigenvalue weighted by molar-refractivity contribution is -0.112. The number of carbonyl (C=O) groups excluding carboxylic acids is 2. The van der Waals surface area contributed by atoms with E-state index in [1.807, 2.05) is 13.0 Å². The highest BCUT2D eigenvalue weighted by Crippen LogP contribution is 2.29. The summed E-state index contributed by atoms with van der Waals surface area (Å²) in [5.41, 5.74) is 3.31. The van der Waals surface area contributed by atoms with Crippen molar-refractivity contribution in [2.24, 2.45) is 0 Å². The van der Waals surface area contributed by atoms with Crippen molar-refractivity contribution < 1.29 is 9.59 Å². The number of anilines is 1. The van der Waals surface area contributed by atoms with Crippen molar-refractivity contribution in [1.29, 1.82) is 0 Å². The second-order valence-electron chi connectivity index (χ2n) is 3.86. The van der Waals surface area contributed by atoms with Crippen LogP contribution >= 0.6 is 15.9 Å². The summed E-state index contributed by atoms with van der Waals surface area (Å²) in [5, 5.41) is 3.49. The Morgan fingerprint density at radius 1 is 1.31 bits per heavy atom. The topological polar surface area (TPSA) is 46.2 Å². The molecule has 1 aromatic rings. The molecule has 0 saturated heterocycles. The highest BCUT2D eigenvalue weighted by molar-refractivity contribution is 9.09. The van der Waals surface area contributed by atoms with Crippen LogP contribution < -0.4 is 5.32 Å². The molecule has 16 heavy (non-hydrogen) atoms. The van der Waals surface area contributed by atoms with E-state index in [0.717, 1.165) is 29.3 Å². The third kappa shape index (κ3) is 1.78. The summed E-state index contributed by atoms with van der Waals surface area (Å²) < 4.78 is 0. The van der Waals surface area contributed by atoms with Crippen LogP contribution in [0.5, 0.6) is 0 Å². The molecule has 4 heteroatoms. The summed E-state index contributed by atoms with van der Waals surface area (Å²) >= 11 is 3.37. The summed E-state index contributed by atoms with van der Waals surface area (Å²) in [7, 11) is 0. The number of amides is 1. The number of Topliss-reactive ketones (excluding diaryl/α,β-unsaturated/α-hetero) is 1. The molecule has 1 amide bonds. The minimum Gasteiger partial charge on any atom is -0.318 e. The van der Waals surface area contributed by atoms with Crippen molar-refractivity contribution in [2.75, 3.05) is 10.6 Å². The third-order valence-corrected chi connectivity index (χ3v) is 3.35. The first-order valence-electron chi connectivity index (χ1n) is 5.19. The van der Waals surface area contributed by atoms with Crippen molar-refractivity contribution in [3.05, 3.63) is 28.8 Å². The molecule has 1 aliphatic heterocycles. The van der Waals surface area contributed by atoms with Gasteiger partial charge in [-0.15, -0.1) is 0 Å². The number of hydrogen-bond donors (Lipinski definition) is 1. The lowest BCUT2D eigenvalue weighted by Gasteiger charge is -2.09. The van der Waals surface area contributed by atoms with Gasteiger partial charge in [-0.3, -0.25) is 9.59 Å². The van der Waals surface area contributed by atoms with Gasteiger partial charge >= 0.3 is 0 Å². The maximum Gasteiger partial charge on any atom is 0.296 e. The maximum absolute atomic E-state index is 11.7. The van der Waals surface area contributed by atoms with Crippen LogP contribution in [0.4, 0.5) is 5.69 Å². The fourth-order valence-electron chi connectivity index (χ4n) is 1.97. The number of aryl methyl sites for hydroxylation is 1. The van der Waals surface area contributed by atoms with Crippen molar-refractivity contribution in [3.8, 4) is 0 Å². The Balaban J connectivity index is 2.48. The van der Waals surface area contributed by atoms with Crippen LogP contribution in [0.25, 0.3) is 0 Å². The van der Waals surface area contributed by atoms with Gasteiger partial charge in [-0.05, 0) is 37.0 Å². The van der Waals surface area contributed by atoms with Gasteiger partial charge in [0.15, 0.2) is 0 Å². The van der Waals surface area contributed by atoms with E-state index >= 15 is 0 Å². The molecular weight excluding hydrogens is 270 g/mol. The SMILES string of the molecule is Cc1ccc2c(c1CCCBr)C(=O)C(=O)N2. The van der Waals surface area contributed by atoms with Crippen LogP contribution in [0.15, 0.2) is 12.1 Å². The summed E-state index contributed by atoms with van der Waals surface area (Å²) in [6.45, 7) is 1.97. The summed E-state index contributed by atoms with van der Waals surface area (Å²) in [6, 6.07) is 3.74. The molecule has 0 spiro atoms. The van der Waals surface area contributed by atoms with Crippen molar-refractivity contribution >= 4 is 33.3 Å². The summed E-state index contributed by atoms with van der Waals surface area (Å²) in [4.78, 5) is 23.0. The van der Waals surface area contributed by atoms with E-state index in [1.165, 1.54) is 0 Å². The molecule has 0 aromatic heterocycles. The number of ketones is 1. The van der Waals surface area contributed by atoms with E-state index in [1.54, 1.807) is 6.07 Å². The van der Waals surface area contributed by atoms with E-state index in [-0.39, 0.29) is 0 Å². The van der Waals surface area contributed by atoms with Crippen LogP contribution in [0.2, 0.25) is 0 Å². The van der Waals surface area contributed by atoms with Gasteiger partial charge in [0, 0.05) is 5.33 Å². The van der Waals surface area contributed by atoms with E-state index in [9.17, 15) is 9.59 Å². The average molecular weight is 282 g/mol. The van der Waals surface area contributed by atoms with Crippen LogP contribution in [0.1, 0.15) is 27.9 Å². The van der Waals surface area contributed by atoms with Crippen LogP contribution in [0.3, 0.4) is 0 Å². The lowest BCUT2D eigenvalue weighted by atomic mass is 9.95. The Labute approximate surface area is 102 Å². The first-order chi connectivity index (χ1) is 7.65. The number of hydrogen-bond acceptors (Lipinski definition) is 2. The van der Waals surface area contributed by atoms with E-state index in [0.29, 0.717) is 11.3 Å². The Hall–Kier alpha value is -1.16. The minimum absolute atomic E-state index is 0.400. The van der Waals surface area contributed by atoms with Gasteiger partial charge in [0.25, 0.3) is 11.7 Å². The van der Waals surface area contributed by atoms with E-state index in [2.05, 4.69) is 21.2 Å². The Bertz CT molecular complexity index is 468. The van der Waals surface area contributed by atoms with Gasteiger partial charge in [-0.25, -0.2) is 0 Å². The molecular formula is C12H12BrNO2. The second-order valence-corrected chi connectivity index (χ2v) is 4.65. The van der Waals surface area contributed by atoms with E-state index < -0.39 is 11.7 Å². The molecule has 0 fully saturated rings. The molecule has 2 rings (SSSR count). The zero-order valence-electron chi connectivity index (χ0n) is 8.97. The number of nitrogens with one attached hydrogen (secondary N) is 1. The fraction of sp³-hybridized carbons (Fsp3) is 0.333. The van der Waals surface area contributed by atoms with Gasteiger partial charge in [-0.2, -0.15) is 0 Å². The molecule has 84 valence electrons. The summed E-state index contributed by atoms with van der Waals surface area (Å²) in [6.07, 6.45) is 1.78. The first kappa shape index (κ1) is 11.3. The summed E-state index contributed by atoms with van der Waals surface area (Å²) in [5.74, 6) is -0.913. The standard InChI is InChI=1S/C12H12BrNO2/c1-7-4-5-9-10(8(7)3-2-6-13)11(15)12(16)14-9/h4-5H,2-3,6H2,1H3,(H,14,15,16). The largest absolute Gasteiger partial charge is 0.318 e. The normalized spacial score (nSPS) is 13.9. The van der Waals surface area contributed by atoms with Gasteiger partial charge in [0.05, 0.1) is 11.3 Å². The molecule has 0 saturated carbocycles. The monoisotopic (exact) mass is 281 g/mol. The number of alkyl halides is 1. The van der Waals surface area contributed by atoms with Crippen molar-refractivity contribution in [3.63, 3.8) is 0 Å². The molecule has 1 heterocycles. The molecule has 3 nitrogen and oxygen atoms in total. The zero-order valence-corrected chi connectivity index (χ0v) is 10.6. The van der Waals surface area contributed by atoms with Crippen LogP contribution in [0, 0.1) is 6.92 Å². The van der Waals surface area contributed by atoms with Gasteiger partial charge in [-0.1, -0.05) is 22.0 Å². The zero-order chi connectivity index (χ0) is 11.7. The third-order valence-electron chi connectivity index (χ3n) is 2.79. The number of benzene rings is 1. The number of fused-ring (bicyclic) bond motifs is 1. The van der Waals surface area contributed by atoms with E-state index in [4.69, 9.17) is 0 Å². The predicted octanol–water partition coefficient (Wildman–Crippen LogP) is 2.46. The number of carbonyl (C=O) groups is 2. The minimum atomic E-state index is -0.513. The van der Waals surface area contributed by atoms with Crippen LogP contribution in [-0.4, -0.2) is 17.0 Å². The van der Waals surface area contributed by atoms with Gasteiger partial charge < -0.3 is 5.32 Å². The smallest absolute Gasteiger partial charge is 0.296 e. The van der Waals surface area contributed by atoms with Crippen molar-refractivity contribution in [1.82, 2.24) is 0 Å². The Morgan fingerprint density at radius 3 is 2.75 bits per heavy atom. The predicted molar refractivity (Wildman–Crippen MR) is 66.3 cm³/mol. The van der Waals surface area contributed by atoms with Crippen LogP contribution in [-0.2, 0) is 11.2 Å². The molecule has 0 bridgehead atoms. The number of rotatable bonds is 3. The highest BCUT2D eigenvalue weighted by atomic mass is 79.9. The molecule has 0 atom stereocenters. The first-order valence-corrected chi connectivity index (χ1v) is 6.31. The molecule has 0 radical (unpaired) electrons. The molecule has 1 aliphatic rings. The quantitative estimate of drug-likeness (QED) is 0.683. The average Bonchev–Trinajstić information content (AvgIpc) is 2.55. The Kier molecular flexibility index (Phi) is 3.10. The lowest BCUT2D eigenvalue weighted by Crippen LogP contribution is -2.13. The molecule has 1 N–H and O–H groups in total. The highest BCUT2D eigenvalue weighted by Gasteiger charge is 2.30. The molecule has 0 aliphatic carbocycles. The maximum atomic E-state index is 11.7. The number of halogens is 1. The van der Waals surface area contributed by atoms with Gasteiger partial charge in [0.1, 0.15) is 0 Å². The Morgan fingerprint density at radius 2 is 2.06 bits per heavy atom. The second kappa shape index (κ2) is 4.37.